The lowest BCUT2D eigenvalue weighted by Gasteiger charge is -2.34. The summed E-state index contributed by atoms with van der Waals surface area (Å²) in [5.74, 6) is 0.534. The van der Waals surface area contributed by atoms with Gasteiger partial charge in [-0.3, -0.25) is 4.79 Å². The van der Waals surface area contributed by atoms with E-state index in [0.717, 1.165) is 10.0 Å². The molecule has 0 saturated carbocycles. The van der Waals surface area contributed by atoms with Crippen LogP contribution >= 0.6 is 27.5 Å². The van der Waals surface area contributed by atoms with E-state index in [4.69, 9.17) is 16.3 Å². The van der Waals surface area contributed by atoms with Gasteiger partial charge in [0.2, 0.25) is 5.91 Å². The molecule has 98 valence electrons. The molecule has 1 atom stereocenters. The van der Waals surface area contributed by atoms with Crippen LogP contribution in [0, 0.1) is 0 Å². The summed E-state index contributed by atoms with van der Waals surface area (Å²) in [6.45, 7) is 1.76. The molecule has 1 heterocycles. The molecule has 3 nitrogen and oxygen atoms in total. The molecular formula is C13H15BrClNO2. The summed E-state index contributed by atoms with van der Waals surface area (Å²) < 4.78 is 6.33. The normalized spacial score (nSPS) is 19.9. The Balaban J connectivity index is 2.02. The number of carbonyl (C=O) groups is 1. The van der Waals surface area contributed by atoms with Crippen LogP contribution in [0.4, 0.5) is 0 Å². The van der Waals surface area contributed by atoms with Crippen LogP contribution in [0.15, 0.2) is 28.7 Å². The first-order valence-electron chi connectivity index (χ1n) is 5.88. The molecule has 1 aliphatic rings. The number of hydrogen-bond donors (Lipinski definition) is 0. The van der Waals surface area contributed by atoms with Crippen LogP contribution in [0.2, 0.25) is 0 Å². The zero-order valence-electron chi connectivity index (χ0n) is 9.94. The number of morpholine rings is 1. The number of carbonyl (C=O) groups excluding carboxylic acids is 1. The third-order valence-corrected chi connectivity index (χ3v) is 3.82. The molecule has 1 saturated heterocycles. The van der Waals surface area contributed by atoms with Gasteiger partial charge in [0, 0.05) is 16.9 Å². The average Bonchev–Trinajstić information content (AvgIpc) is 2.38. The zero-order chi connectivity index (χ0) is 13.0. The molecule has 18 heavy (non-hydrogen) atoms. The molecule has 1 unspecified atom stereocenters. The van der Waals surface area contributed by atoms with Crippen LogP contribution in [0.25, 0.3) is 0 Å². The summed E-state index contributed by atoms with van der Waals surface area (Å²) in [5.41, 5.74) is 1.01. The summed E-state index contributed by atoms with van der Waals surface area (Å²) in [5, 5.41) is 0. The van der Waals surface area contributed by atoms with Gasteiger partial charge in [-0.2, -0.15) is 0 Å². The maximum Gasteiger partial charge on any atom is 0.227 e. The van der Waals surface area contributed by atoms with Crippen LogP contribution in [0.5, 0.6) is 0 Å². The number of halogens is 2. The number of ether oxygens (including phenoxy) is 1. The van der Waals surface area contributed by atoms with Crippen LogP contribution < -0.4 is 0 Å². The van der Waals surface area contributed by atoms with Gasteiger partial charge in [0.25, 0.3) is 0 Å². The first-order chi connectivity index (χ1) is 8.70. The Bertz CT molecular complexity index is 427. The van der Waals surface area contributed by atoms with Crippen LogP contribution in [-0.4, -0.2) is 42.5 Å². The van der Waals surface area contributed by atoms with Crippen molar-refractivity contribution >= 4 is 33.4 Å². The standard InChI is InChI=1S/C13H15BrClNO2/c14-11-3-1-2-10(6-11)7-13(17)16-4-5-18-9-12(16)8-15/h1-3,6,12H,4-5,7-9H2. The summed E-state index contributed by atoms with van der Waals surface area (Å²) in [7, 11) is 0. The molecule has 5 heteroatoms. The van der Waals surface area contributed by atoms with Gasteiger partial charge in [0.05, 0.1) is 25.7 Å². The van der Waals surface area contributed by atoms with Crippen LogP contribution in [-0.2, 0) is 16.0 Å². The molecule has 1 aromatic rings. The molecule has 0 aromatic heterocycles. The molecule has 2 rings (SSSR count). The van der Waals surface area contributed by atoms with E-state index < -0.39 is 0 Å². The van der Waals surface area contributed by atoms with Crippen molar-refractivity contribution in [1.82, 2.24) is 4.90 Å². The second kappa shape index (κ2) is 6.55. The van der Waals surface area contributed by atoms with Gasteiger partial charge in [-0.15, -0.1) is 11.6 Å². The minimum Gasteiger partial charge on any atom is -0.377 e. The van der Waals surface area contributed by atoms with E-state index in [2.05, 4.69) is 15.9 Å². The van der Waals surface area contributed by atoms with E-state index in [0.29, 0.717) is 32.1 Å². The largest absolute Gasteiger partial charge is 0.377 e. The SMILES string of the molecule is O=C(Cc1cccc(Br)c1)N1CCOCC1CCl. The maximum absolute atomic E-state index is 12.2. The lowest BCUT2D eigenvalue weighted by Crippen LogP contribution is -2.50. The Kier molecular flexibility index (Phi) is 5.03. The maximum atomic E-state index is 12.2. The first kappa shape index (κ1) is 13.8. The Morgan fingerprint density at radius 1 is 1.56 bits per heavy atom. The minimum absolute atomic E-state index is 0.0000644. The molecule has 1 fully saturated rings. The highest BCUT2D eigenvalue weighted by atomic mass is 79.9. The van der Waals surface area contributed by atoms with Gasteiger partial charge >= 0.3 is 0 Å². The van der Waals surface area contributed by atoms with Gasteiger partial charge in [0.15, 0.2) is 0 Å². The van der Waals surface area contributed by atoms with E-state index in [9.17, 15) is 4.79 Å². The van der Waals surface area contributed by atoms with Crippen molar-refractivity contribution in [1.29, 1.82) is 0 Å². The zero-order valence-corrected chi connectivity index (χ0v) is 12.3. The lowest BCUT2D eigenvalue weighted by molar-refractivity contribution is -0.138. The Hall–Kier alpha value is -0.580. The third-order valence-electron chi connectivity index (χ3n) is 2.97. The number of nitrogens with zero attached hydrogens (tertiary/aromatic N) is 1. The number of amides is 1. The van der Waals surface area contributed by atoms with Crippen LogP contribution in [0.3, 0.4) is 0 Å². The van der Waals surface area contributed by atoms with Crippen LogP contribution in [0.1, 0.15) is 5.56 Å². The fourth-order valence-electron chi connectivity index (χ4n) is 2.03. The van der Waals surface area contributed by atoms with Gasteiger partial charge in [0.1, 0.15) is 0 Å². The fraction of sp³-hybridized carbons (Fsp3) is 0.462. The van der Waals surface area contributed by atoms with Gasteiger partial charge in [-0.05, 0) is 17.7 Å². The smallest absolute Gasteiger partial charge is 0.227 e. The highest BCUT2D eigenvalue weighted by molar-refractivity contribution is 9.10. The second-order valence-electron chi connectivity index (χ2n) is 4.28. The Morgan fingerprint density at radius 2 is 2.39 bits per heavy atom. The predicted molar refractivity (Wildman–Crippen MR) is 74.9 cm³/mol. The second-order valence-corrected chi connectivity index (χ2v) is 5.50. The number of rotatable bonds is 3. The Labute approximate surface area is 120 Å². The lowest BCUT2D eigenvalue weighted by atomic mass is 10.1. The fourth-order valence-corrected chi connectivity index (χ4v) is 2.74. The van der Waals surface area contributed by atoms with Crippen molar-refractivity contribution in [3.63, 3.8) is 0 Å². The highest BCUT2D eigenvalue weighted by Crippen LogP contribution is 2.15. The molecule has 0 radical (unpaired) electrons. The molecular weight excluding hydrogens is 318 g/mol. The molecule has 1 aromatic carbocycles. The average molecular weight is 333 g/mol. The van der Waals surface area contributed by atoms with E-state index in [1.54, 1.807) is 0 Å². The summed E-state index contributed by atoms with van der Waals surface area (Å²) in [4.78, 5) is 14.1. The highest BCUT2D eigenvalue weighted by Gasteiger charge is 2.26. The van der Waals surface area contributed by atoms with Crippen molar-refractivity contribution < 1.29 is 9.53 Å². The van der Waals surface area contributed by atoms with E-state index in [-0.39, 0.29) is 11.9 Å². The summed E-state index contributed by atoms with van der Waals surface area (Å²) >= 11 is 9.27. The Morgan fingerprint density at radius 3 is 3.11 bits per heavy atom. The first-order valence-corrected chi connectivity index (χ1v) is 7.21. The summed E-state index contributed by atoms with van der Waals surface area (Å²) in [6.07, 6.45) is 0.410. The molecule has 1 amide bonds. The van der Waals surface area contributed by atoms with Crippen molar-refractivity contribution in [2.75, 3.05) is 25.6 Å². The molecule has 1 aliphatic heterocycles. The number of hydrogen-bond acceptors (Lipinski definition) is 2. The van der Waals surface area contributed by atoms with Crippen molar-refractivity contribution in [3.05, 3.63) is 34.3 Å². The van der Waals surface area contributed by atoms with E-state index >= 15 is 0 Å². The summed E-state index contributed by atoms with van der Waals surface area (Å²) in [6, 6.07) is 7.81. The molecule has 0 spiro atoms. The molecule has 0 aliphatic carbocycles. The van der Waals surface area contributed by atoms with Gasteiger partial charge < -0.3 is 9.64 Å². The topological polar surface area (TPSA) is 29.5 Å². The molecule has 0 bridgehead atoms. The predicted octanol–water partition coefficient (Wildman–Crippen LogP) is 2.46. The number of benzene rings is 1. The third kappa shape index (κ3) is 3.46. The van der Waals surface area contributed by atoms with E-state index in [1.165, 1.54) is 0 Å². The van der Waals surface area contributed by atoms with Crippen molar-refractivity contribution in [3.8, 4) is 0 Å². The van der Waals surface area contributed by atoms with Gasteiger partial charge in [-0.1, -0.05) is 28.1 Å². The minimum atomic E-state index is 0.0000644. The van der Waals surface area contributed by atoms with Crippen molar-refractivity contribution in [2.24, 2.45) is 0 Å². The number of alkyl halides is 1. The van der Waals surface area contributed by atoms with Crippen molar-refractivity contribution in [2.45, 2.75) is 12.5 Å². The van der Waals surface area contributed by atoms with E-state index in [1.807, 2.05) is 29.2 Å². The quantitative estimate of drug-likeness (QED) is 0.796. The van der Waals surface area contributed by atoms with Gasteiger partial charge in [-0.25, -0.2) is 0 Å². The monoisotopic (exact) mass is 331 g/mol. The molecule has 0 N–H and O–H groups in total.